The predicted octanol–water partition coefficient (Wildman–Crippen LogP) is 5.01. The number of anilines is 2. The molecule has 1 aliphatic rings. The molecule has 2 atom stereocenters. The van der Waals surface area contributed by atoms with E-state index in [1.165, 1.54) is 4.88 Å². The molecular formula is C25H24N6O2S. The molecule has 8 nitrogen and oxygen atoms in total. The lowest BCUT2D eigenvalue weighted by Gasteiger charge is -2.16. The van der Waals surface area contributed by atoms with Crippen LogP contribution in [0.2, 0.25) is 0 Å². The van der Waals surface area contributed by atoms with Crippen LogP contribution in [-0.4, -0.2) is 36.5 Å². The second-order valence-electron chi connectivity index (χ2n) is 8.37. The molecule has 0 bridgehead atoms. The molecule has 0 radical (unpaired) electrons. The number of carboxylic acid groups (broad SMARTS) is 1. The summed E-state index contributed by atoms with van der Waals surface area (Å²) in [6, 6.07) is 13.0. The first-order chi connectivity index (χ1) is 16.3. The monoisotopic (exact) mass is 472 g/mol. The Labute approximate surface area is 201 Å². The Balaban J connectivity index is 1.65. The van der Waals surface area contributed by atoms with Crippen LogP contribution in [0.3, 0.4) is 0 Å². The van der Waals surface area contributed by atoms with Crippen molar-refractivity contribution < 1.29 is 9.90 Å². The summed E-state index contributed by atoms with van der Waals surface area (Å²) in [6.07, 6.45) is 1.74. The van der Waals surface area contributed by atoms with E-state index in [4.69, 9.17) is 4.99 Å². The molecule has 0 amide bonds. The van der Waals surface area contributed by atoms with Gasteiger partial charge in [0.15, 0.2) is 5.82 Å². The summed E-state index contributed by atoms with van der Waals surface area (Å²) in [6.45, 7) is 7.72. The van der Waals surface area contributed by atoms with Crippen molar-refractivity contribution in [2.45, 2.75) is 33.7 Å². The Morgan fingerprint density at radius 3 is 2.56 bits per heavy atom. The highest BCUT2D eigenvalue weighted by Crippen LogP contribution is 2.40. The summed E-state index contributed by atoms with van der Waals surface area (Å²) in [5.74, 6) is 0.341. The van der Waals surface area contributed by atoms with Crippen LogP contribution >= 0.6 is 11.3 Å². The van der Waals surface area contributed by atoms with Crippen molar-refractivity contribution in [1.29, 1.82) is 0 Å². The number of aromatic nitrogens is 4. The number of thiophene rings is 1. The van der Waals surface area contributed by atoms with Gasteiger partial charge in [-0.3, -0.25) is 14.4 Å². The van der Waals surface area contributed by atoms with Crippen molar-refractivity contribution >= 4 is 34.5 Å². The van der Waals surface area contributed by atoms with Gasteiger partial charge in [-0.15, -0.1) is 21.5 Å². The summed E-state index contributed by atoms with van der Waals surface area (Å²) in [5, 5.41) is 22.7. The molecule has 3 aromatic heterocycles. The number of hydrogen-bond donors (Lipinski definition) is 2. The molecule has 34 heavy (non-hydrogen) atoms. The average Bonchev–Trinajstić information content (AvgIpc) is 3.29. The second kappa shape index (κ2) is 8.49. The van der Waals surface area contributed by atoms with Crippen LogP contribution in [0.4, 0.5) is 11.5 Å². The van der Waals surface area contributed by atoms with E-state index in [2.05, 4.69) is 34.3 Å². The highest BCUT2D eigenvalue weighted by Gasteiger charge is 2.36. The molecule has 5 rings (SSSR count). The third-order valence-electron chi connectivity index (χ3n) is 6.15. The van der Waals surface area contributed by atoms with Gasteiger partial charge in [-0.1, -0.05) is 18.2 Å². The van der Waals surface area contributed by atoms with Gasteiger partial charge in [0.25, 0.3) is 0 Å². The molecule has 9 heteroatoms. The van der Waals surface area contributed by atoms with E-state index in [0.29, 0.717) is 11.6 Å². The number of carbonyl (C=O) groups is 1. The van der Waals surface area contributed by atoms with Gasteiger partial charge in [0.05, 0.1) is 11.6 Å². The minimum Gasteiger partial charge on any atom is -0.481 e. The van der Waals surface area contributed by atoms with E-state index >= 15 is 0 Å². The number of fused-ring (bicyclic) bond motifs is 3. The van der Waals surface area contributed by atoms with Crippen molar-refractivity contribution in [2.24, 2.45) is 10.9 Å². The molecule has 0 saturated heterocycles. The van der Waals surface area contributed by atoms with Crippen molar-refractivity contribution in [3.63, 3.8) is 0 Å². The molecule has 0 saturated carbocycles. The maximum atomic E-state index is 12.0. The van der Waals surface area contributed by atoms with Crippen LogP contribution in [0.1, 0.15) is 46.2 Å². The third-order valence-corrected chi connectivity index (χ3v) is 7.34. The van der Waals surface area contributed by atoms with E-state index < -0.39 is 17.9 Å². The maximum Gasteiger partial charge on any atom is 0.308 e. The third kappa shape index (κ3) is 3.67. The fraction of sp³-hybridized carbons (Fsp3) is 0.240. The molecule has 1 aromatic carbocycles. The van der Waals surface area contributed by atoms with Crippen LogP contribution in [0.5, 0.6) is 0 Å². The fourth-order valence-corrected chi connectivity index (χ4v) is 5.33. The van der Waals surface area contributed by atoms with Gasteiger partial charge in [-0.25, -0.2) is 4.98 Å². The molecule has 172 valence electrons. The van der Waals surface area contributed by atoms with Crippen molar-refractivity contribution in [1.82, 2.24) is 19.7 Å². The first kappa shape index (κ1) is 22.0. The number of aliphatic carboxylic acids is 1. The van der Waals surface area contributed by atoms with E-state index in [0.717, 1.165) is 38.9 Å². The summed E-state index contributed by atoms with van der Waals surface area (Å²) in [4.78, 5) is 22.5. The molecule has 0 aliphatic carbocycles. The van der Waals surface area contributed by atoms with Gasteiger partial charge >= 0.3 is 5.97 Å². The number of aryl methyl sites for hydroxylation is 2. The van der Waals surface area contributed by atoms with Crippen LogP contribution in [0.25, 0.3) is 5.00 Å². The number of aliphatic imine (C=N–C) groups is 1. The Morgan fingerprint density at radius 2 is 1.88 bits per heavy atom. The number of nitrogens with one attached hydrogen (secondary N) is 1. The average molecular weight is 473 g/mol. The quantitative estimate of drug-likeness (QED) is 0.423. The van der Waals surface area contributed by atoms with E-state index in [-0.39, 0.29) is 0 Å². The van der Waals surface area contributed by atoms with Crippen molar-refractivity contribution in [2.75, 3.05) is 5.32 Å². The first-order valence-electron chi connectivity index (χ1n) is 11.0. The lowest BCUT2D eigenvalue weighted by molar-refractivity contribution is -0.141. The van der Waals surface area contributed by atoms with Crippen LogP contribution in [-0.2, 0) is 4.79 Å². The van der Waals surface area contributed by atoms with Crippen LogP contribution in [0.15, 0.2) is 53.7 Å². The number of benzene rings is 1. The largest absolute Gasteiger partial charge is 0.481 e. The number of hydrogen-bond acceptors (Lipinski definition) is 7. The fourth-order valence-electron chi connectivity index (χ4n) is 4.11. The number of pyridine rings is 1. The van der Waals surface area contributed by atoms with Gasteiger partial charge < -0.3 is 10.4 Å². The number of rotatable bonds is 5. The highest BCUT2D eigenvalue weighted by atomic mass is 32.1. The van der Waals surface area contributed by atoms with E-state index in [1.807, 2.05) is 54.0 Å². The van der Waals surface area contributed by atoms with Gasteiger partial charge in [-0.2, -0.15) is 0 Å². The lowest BCUT2D eigenvalue weighted by Crippen LogP contribution is -2.21. The van der Waals surface area contributed by atoms with Gasteiger partial charge in [-0.05, 0) is 57.5 Å². The number of carboxylic acids is 1. The second-order valence-corrected chi connectivity index (χ2v) is 9.57. The molecule has 4 aromatic rings. The van der Waals surface area contributed by atoms with E-state index in [1.54, 1.807) is 24.5 Å². The zero-order valence-corrected chi connectivity index (χ0v) is 20.1. The normalized spacial score (nSPS) is 15.6. The molecular weight excluding hydrogens is 448 g/mol. The van der Waals surface area contributed by atoms with Gasteiger partial charge in [0, 0.05) is 27.9 Å². The van der Waals surface area contributed by atoms with Crippen LogP contribution < -0.4 is 5.32 Å². The highest BCUT2D eigenvalue weighted by molar-refractivity contribution is 7.15. The van der Waals surface area contributed by atoms with Crippen molar-refractivity contribution in [3.8, 4) is 5.00 Å². The Hall–Kier alpha value is -3.85. The first-order valence-corrected chi connectivity index (χ1v) is 11.8. The smallest absolute Gasteiger partial charge is 0.308 e. The number of nitrogens with zero attached hydrogens (tertiary/aromatic N) is 5. The van der Waals surface area contributed by atoms with Gasteiger partial charge in [0.2, 0.25) is 0 Å². The molecule has 0 spiro atoms. The molecule has 1 unspecified atom stereocenters. The Morgan fingerprint density at radius 1 is 1.12 bits per heavy atom. The summed E-state index contributed by atoms with van der Waals surface area (Å²) in [7, 11) is 0. The standard InChI is InChI=1S/C25H24N6O2S/c1-13-15(3)34-24-20(13)22(17-8-10-18(11-9-17)27-19-7-5-6-12-26-19)28-21(14(2)25(32)33)23-30-29-16(4)31(23)24/h5-12,14,21H,1-4H3,(H,26,27)(H,32,33)/t14-,21?/m0/s1. The molecule has 0 fully saturated rings. The zero-order valence-electron chi connectivity index (χ0n) is 19.3. The Bertz CT molecular complexity index is 1410. The van der Waals surface area contributed by atoms with Crippen LogP contribution in [0, 0.1) is 26.7 Å². The Kier molecular flexibility index (Phi) is 5.49. The minimum atomic E-state index is -0.923. The summed E-state index contributed by atoms with van der Waals surface area (Å²) in [5.41, 5.74) is 4.70. The van der Waals surface area contributed by atoms with Crippen molar-refractivity contribution in [3.05, 3.63) is 81.9 Å². The molecule has 4 heterocycles. The topological polar surface area (TPSA) is 105 Å². The van der Waals surface area contributed by atoms with Gasteiger partial charge in [0.1, 0.15) is 22.7 Å². The SMILES string of the molecule is Cc1sc2c(c1C)C(c1ccc(Nc3ccccn3)cc1)=NC([C@H](C)C(=O)O)c1nnc(C)n1-2. The summed E-state index contributed by atoms with van der Waals surface area (Å²) >= 11 is 1.65. The van der Waals surface area contributed by atoms with E-state index in [9.17, 15) is 9.90 Å². The summed E-state index contributed by atoms with van der Waals surface area (Å²) < 4.78 is 1.97. The lowest BCUT2D eigenvalue weighted by atomic mass is 9.98. The predicted molar refractivity (Wildman–Crippen MR) is 133 cm³/mol. The maximum absolute atomic E-state index is 12.0. The molecule has 2 N–H and O–H groups in total. The molecule has 1 aliphatic heterocycles. The minimum absolute atomic E-state index is 0.554. The zero-order chi connectivity index (χ0) is 24.0.